The number of ether oxygens (including phenoxy) is 4. The van der Waals surface area contributed by atoms with Crippen LogP contribution in [0.5, 0.6) is 23.0 Å². The topological polar surface area (TPSA) is 94.5 Å². The van der Waals surface area contributed by atoms with Gasteiger partial charge >= 0.3 is 0 Å². The number of aliphatic hydroxyl groups excluding tert-OH is 1. The third kappa shape index (κ3) is 4.46. The molecule has 2 heterocycles. The highest BCUT2D eigenvalue weighted by Crippen LogP contribution is 2.46. The second-order valence-electron chi connectivity index (χ2n) is 8.93. The van der Waals surface area contributed by atoms with Gasteiger partial charge in [0, 0.05) is 22.9 Å². The van der Waals surface area contributed by atoms with Crippen LogP contribution in [0.25, 0.3) is 5.76 Å². The maximum absolute atomic E-state index is 13.5. The van der Waals surface area contributed by atoms with E-state index in [0.29, 0.717) is 53.0 Å². The predicted molar refractivity (Wildman–Crippen MR) is 137 cm³/mol. The zero-order valence-corrected chi connectivity index (χ0v) is 20.8. The Morgan fingerprint density at radius 2 is 1.68 bits per heavy atom. The van der Waals surface area contributed by atoms with Crippen LogP contribution in [0.2, 0.25) is 0 Å². The van der Waals surface area contributed by atoms with Gasteiger partial charge in [0.25, 0.3) is 11.7 Å². The number of hydrogen-bond acceptors (Lipinski definition) is 7. The second kappa shape index (κ2) is 9.89. The fourth-order valence-electron chi connectivity index (χ4n) is 4.59. The van der Waals surface area contributed by atoms with Crippen LogP contribution in [0.1, 0.15) is 31.0 Å². The summed E-state index contributed by atoms with van der Waals surface area (Å²) in [5.74, 6) is 0.285. The highest BCUT2D eigenvalue weighted by molar-refractivity contribution is 6.51. The van der Waals surface area contributed by atoms with Gasteiger partial charge in [-0.25, -0.2) is 0 Å². The number of amides is 1. The lowest BCUT2D eigenvalue weighted by Crippen LogP contribution is -2.30. The van der Waals surface area contributed by atoms with Crippen LogP contribution in [0, 0.1) is 0 Å². The number of ketones is 1. The van der Waals surface area contributed by atoms with E-state index >= 15 is 0 Å². The molecule has 190 valence electrons. The Labute approximate surface area is 214 Å². The quantitative estimate of drug-likeness (QED) is 0.292. The van der Waals surface area contributed by atoms with E-state index in [2.05, 4.69) is 0 Å². The summed E-state index contributed by atoms with van der Waals surface area (Å²) < 4.78 is 22.6. The fraction of sp³-hybridized carbons (Fsp3) is 0.241. The van der Waals surface area contributed by atoms with E-state index in [1.807, 2.05) is 13.8 Å². The van der Waals surface area contributed by atoms with Crippen molar-refractivity contribution < 1.29 is 33.6 Å². The standard InChI is InChI=1S/C29H27NO7/c1-17(2)37-20-11-8-18(9-12-20)27(31)25-26(21-6-4-5-7-22(21)34-3)30(29(33)28(25)32)19-10-13-23-24(16-19)36-15-14-35-23/h4-13,16-17,26,31H,14-15H2,1-3H3/b27-25+. The lowest BCUT2D eigenvalue weighted by Gasteiger charge is -2.28. The third-order valence-corrected chi connectivity index (χ3v) is 6.18. The van der Waals surface area contributed by atoms with Crippen LogP contribution in [-0.2, 0) is 9.59 Å². The Kier molecular flexibility index (Phi) is 6.48. The van der Waals surface area contributed by atoms with E-state index in [-0.39, 0.29) is 17.4 Å². The molecule has 3 aromatic rings. The fourth-order valence-corrected chi connectivity index (χ4v) is 4.59. The zero-order valence-electron chi connectivity index (χ0n) is 20.8. The minimum Gasteiger partial charge on any atom is -0.507 e. The molecule has 37 heavy (non-hydrogen) atoms. The molecule has 1 fully saturated rings. The largest absolute Gasteiger partial charge is 0.507 e. The molecule has 0 spiro atoms. The molecule has 0 bridgehead atoms. The Hall–Kier alpha value is -4.46. The zero-order chi connectivity index (χ0) is 26.1. The molecule has 5 rings (SSSR count). The van der Waals surface area contributed by atoms with E-state index in [1.165, 1.54) is 12.0 Å². The molecule has 3 aromatic carbocycles. The average molecular weight is 502 g/mol. The van der Waals surface area contributed by atoms with Crippen LogP contribution in [0.3, 0.4) is 0 Å². The molecule has 8 nitrogen and oxygen atoms in total. The first-order valence-corrected chi connectivity index (χ1v) is 12.0. The number of anilines is 1. The van der Waals surface area contributed by atoms with Crippen molar-refractivity contribution in [1.82, 2.24) is 0 Å². The van der Waals surface area contributed by atoms with Gasteiger partial charge in [-0.3, -0.25) is 14.5 Å². The average Bonchev–Trinajstić information content (AvgIpc) is 3.18. The summed E-state index contributed by atoms with van der Waals surface area (Å²) >= 11 is 0. The van der Waals surface area contributed by atoms with Crippen molar-refractivity contribution in [1.29, 1.82) is 0 Å². The van der Waals surface area contributed by atoms with Gasteiger partial charge < -0.3 is 24.1 Å². The van der Waals surface area contributed by atoms with E-state index in [0.717, 1.165) is 0 Å². The van der Waals surface area contributed by atoms with Gasteiger partial charge in [0.05, 0.1) is 24.8 Å². The minimum absolute atomic E-state index is 0.0127. The summed E-state index contributed by atoms with van der Waals surface area (Å²) in [5.41, 5.74) is 1.33. The number of carbonyl (C=O) groups excluding carboxylic acids is 2. The predicted octanol–water partition coefficient (Wildman–Crippen LogP) is 4.88. The number of fused-ring (bicyclic) bond motifs is 1. The Bertz CT molecular complexity index is 1380. The molecule has 2 aliphatic rings. The van der Waals surface area contributed by atoms with Crippen LogP contribution in [-0.4, -0.2) is 43.2 Å². The van der Waals surface area contributed by atoms with Crippen molar-refractivity contribution in [2.24, 2.45) is 0 Å². The number of para-hydroxylation sites is 1. The molecule has 1 atom stereocenters. The first-order valence-electron chi connectivity index (χ1n) is 12.0. The normalized spacial score (nSPS) is 18.3. The summed E-state index contributed by atoms with van der Waals surface area (Å²) in [6.07, 6.45) is -0.0127. The van der Waals surface area contributed by atoms with Gasteiger partial charge in [0.1, 0.15) is 30.5 Å². The first kappa shape index (κ1) is 24.2. The van der Waals surface area contributed by atoms with E-state index in [9.17, 15) is 14.7 Å². The summed E-state index contributed by atoms with van der Waals surface area (Å²) in [4.78, 5) is 28.3. The van der Waals surface area contributed by atoms with Crippen LogP contribution >= 0.6 is 0 Å². The Balaban J connectivity index is 1.66. The van der Waals surface area contributed by atoms with Crippen LogP contribution in [0.15, 0.2) is 72.3 Å². The van der Waals surface area contributed by atoms with E-state index in [4.69, 9.17) is 18.9 Å². The lowest BCUT2D eigenvalue weighted by molar-refractivity contribution is -0.132. The van der Waals surface area contributed by atoms with Gasteiger partial charge in [0.2, 0.25) is 0 Å². The molecule has 1 N–H and O–H groups in total. The van der Waals surface area contributed by atoms with E-state index in [1.54, 1.807) is 66.7 Å². The molecular weight excluding hydrogens is 474 g/mol. The first-order chi connectivity index (χ1) is 17.9. The monoisotopic (exact) mass is 501 g/mol. The van der Waals surface area contributed by atoms with Gasteiger partial charge in [-0.05, 0) is 56.3 Å². The number of methoxy groups -OCH3 is 1. The third-order valence-electron chi connectivity index (χ3n) is 6.18. The summed E-state index contributed by atoms with van der Waals surface area (Å²) in [6, 6.07) is 18.0. The molecule has 1 unspecified atom stereocenters. The Morgan fingerprint density at radius 3 is 2.38 bits per heavy atom. The summed E-state index contributed by atoms with van der Waals surface area (Å²) in [6.45, 7) is 4.64. The van der Waals surface area contributed by atoms with Gasteiger partial charge in [0.15, 0.2) is 11.5 Å². The Morgan fingerprint density at radius 1 is 0.973 bits per heavy atom. The molecular formula is C29H27NO7. The number of aliphatic hydroxyl groups is 1. The molecule has 1 amide bonds. The van der Waals surface area contributed by atoms with Crippen molar-refractivity contribution in [2.45, 2.75) is 26.0 Å². The van der Waals surface area contributed by atoms with E-state index < -0.39 is 17.7 Å². The minimum atomic E-state index is -0.940. The van der Waals surface area contributed by atoms with Crippen LogP contribution in [0.4, 0.5) is 5.69 Å². The van der Waals surface area contributed by atoms with Crippen molar-refractivity contribution in [2.75, 3.05) is 25.2 Å². The number of rotatable bonds is 6. The maximum atomic E-state index is 13.5. The highest BCUT2D eigenvalue weighted by atomic mass is 16.6. The molecule has 8 heteroatoms. The number of carbonyl (C=O) groups is 2. The number of Topliss-reactive ketones (excluding diaryl/α,β-unsaturated/α-hetero) is 1. The summed E-state index contributed by atoms with van der Waals surface area (Å²) in [5, 5.41) is 11.4. The van der Waals surface area contributed by atoms with Crippen molar-refractivity contribution in [3.63, 3.8) is 0 Å². The SMILES string of the molecule is COc1ccccc1C1/C(=C(\O)c2ccc(OC(C)C)cc2)C(=O)C(=O)N1c1ccc2c(c1)OCCO2. The highest BCUT2D eigenvalue weighted by Gasteiger charge is 2.48. The van der Waals surface area contributed by atoms with Crippen molar-refractivity contribution in [3.05, 3.63) is 83.4 Å². The molecule has 1 saturated heterocycles. The lowest BCUT2D eigenvalue weighted by atomic mass is 9.94. The molecule has 0 radical (unpaired) electrons. The van der Waals surface area contributed by atoms with Crippen LogP contribution < -0.4 is 23.8 Å². The molecule has 0 saturated carbocycles. The molecule has 2 aliphatic heterocycles. The number of nitrogens with zero attached hydrogens (tertiary/aromatic N) is 1. The summed E-state index contributed by atoms with van der Waals surface area (Å²) in [7, 11) is 1.52. The van der Waals surface area contributed by atoms with Gasteiger partial charge in [-0.15, -0.1) is 0 Å². The van der Waals surface area contributed by atoms with Gasteiger partial charge in [-0.1, -0.05) is 18.2 Å². The van der Waals surface area contributed by atoms with Gasteiger partial charge in [-0.2, -0.15) is 0 Å². The van der Waals surface area contributed by atoms with Crippen molar-refractivity contribution >= 4 is 23.1 Å². The smallest absolute Gasteiger partial charge is 0.300 e. The van der Waals surface area contributed by atoms with Crippen molar-refractivity contribution in [3.8, 4) is 23.0 Å². The number of benzene rings is 3. The number of hydrogen-bond donors (Lipinski definition) is 1. The molecule has 0 aromatic heterocycles. The maximum Gasteiger partial charge on any atom is 0.300 e. The molecule has 0 aliphatic carbocycles. The second-order valence-corrected chi connectivity index (χ2v) is 8.93.